The van der Waals surface area contributed by atoms with Crippen molar-refractivity contribution in [2.75, 3.05) is 0 Å². The van der Waals surface area contributed by atoms with Crippen LogP contribution >= 0.6 is 22.7 Å². The summed E-state index contributed by atoms with van der Waals surface area (Å²) in [4.78, 5) is 8.88. The second-order valence-electron chi connectivity index (χ2n) is 13.5. The third-order valence-electron chi connectivity index (χ3n) is 9.13. The highest BCUT2D eigenvalue weighted by atomic mass is 32.1. The summed E-state index contributed by atoms with van der Waals surface area (Å²) in [5.74, 6) is 20.1. The fourth-order valence-electron chi connectivity index (χ4n) is 6.98. The Labute approximate surface area is 278 Å². The predicted molar refractivity (Wildman–Crippen MR) is 201 cm³/mol. The van der Waals surface area contributed by atoms with E-state index in [2.05, 4.69) is 159 Å². The van der Waals surface area contributed by atoms with Crippen LogP contribution in [0.15, 0.2) is 42.5 Å². The zero-order chi connectivity index (χ0) is 32.7. The quantitative estimate of drug-likeness (QED) is 0.191. The molecule has 0 saturated carbocycles. The van der Waals surface area contributed by atoms with Gasteiger partial charge in [-0.3, -0.25) is 0 Å². The van der Waals surface area contributed by atoms with Gasteiger partial charge in [0.25, 0.3) is 0 Å². The van der Waals surface area contributed by atoms with Crippen LogP contribution in [0.3, 0.4) is 0 Å². The Hall–Kier alpha value is -2.78. The maximum absolute atomic E-state index is 4.69. The zero-order valence-electron chi connectivity index (χ0n) is 28.8. The molecule has 1 nitrogen and oxygen atoms in total. The molecule has 0 bridgehead atoms. The van der Waals surface area contributed by atoms with Gasteiger partial charge < -0.3 is 0 Å². The molecule has 3 aromatic rings. The van der Waals surface area contributed by atoms with Gasteiger partial charge in [-0.25, -0.2) is 4.98 Å². The van der Waals surface area contributed by atoms with Gasteiger partial charge in [-0.2, -0.15) is 0 Å². The van der Waals surface area contributed by atoms with Crippen LogP contribution in [0, 0.1) is 46.6 Å². The third kappa shape index (κ3) is 8.27. The summed E-state index contributed by atoms with van der Waals surface area (Å²) in [6, 6.07) is 14.2. The van der Waals surface area contributed by atoms with E-state index in [-0.39, 0.29) is 0 Å². The molecule has 0 amide bonds. The minimum Gasteiger partial charge on any atom is -0.231 e. The normalized spacial score (nSPS) is 11.7. The molecule has 0 radical (unpaired) electrons. The molecule has 44 heavy (non-hydrogen) atoms. The van der Waals surface area contributed by atoms with Crippen LogP contribution in [-0.2, 0) is 0 Å². The highest BCUT2D eigenvalue weighted by Crippen LogP contribution is 2.42. The van der Waals surface area contributed by atoms with Crippen molar-refractivity contribution in [3.63, 3.8) is 0 Å². The van der Waals surface area contributed by atoms with Crippen LogP contribution in [0.2, 0.25) is 33.2 Å². The van der Waals surface area contributed by atoms with Gasteiger partial charge in [0.15, 0.2) is 0 Å². The minimum absolute atomic E-state index is 0.622. The Kier molecular flexibility index (Phi) is 12.6. The molecule has 3 aromatic heterocycles. The number of pyridine rings is 1. The monoisotopic (exact) mass is 651 g/mol. The Morgan fingerprint density at radius 3 is 1.02 bits per heavy atom. The minimum atomic E-state index is -1.75. The van der Waals surface area contributed by atoms with Crippen LogP contribution in [0.25, 0.3) is 0 Å². The summed E-state index contributed by atoms with van der Waals surface area (Å²) in [6.45, 7) is 28.2. The molecule has 3 heterocycles. The number of thiophene rings is 2. The first-order chi connectivity index (χ1) is 20.7. The smallest absolute Gasteiger partial charge is 0.146 e. The third-order valence-corrected chi connectivity index (χ3v) is 23.5. The predicted octanol–water partition coefficient (Wildman–Crippen LogP) is 11.1. The van der Waals surface area contributed by atoms with E-state index in [9.17, 15) is 0 Å². The lowest BCUT2D eigenvalue weighted by Gasteiger charge is -2.38. The van der Waals surface area contributed by atoms with E-state index in [0.717, 1.165) is 30.9 Å². The fourth-order valence-corrected chi connectivity index (χ4v) is 19.0. The van der Waals surface area contributed by atoms with Crippen molar-refractivity contribution in [2.24, 2.45) is 0 Å². The number of hydrogen-bond donors (Lipinski definition) is 0. The molecule has 3 rings (SSSR count). The van der Waals surface area contributed by atoms with Crippen LogP contribution in [0.1, 0.15) is 114 Å². The van der Waals surface area contributed by atoms with Gasteiger partial charge >= 0.3 is 0 Å². The Morgan fingerprint density at radius 1 is 0.432 bits per heavy atom. The standard InChI is InChI=1S/C39H49NS2Si2/c1-28(2)43(29(3)4,30(5)6)26-24-38-22-20-36(41-38)18-16-34-14-13-15-35(40-34)17-19-37-21-23-39(42-37)25-27-44(31(7)8,32(9)10)33(11)12/h13-15,20-23,28-33H,1-12H3. The molecular weight excluding hydrogens is 603 g/mol. The van der Waals surface area contributed by atoms with Crippen molar-refractivity contribution >= 4 is 38.8 Å². The summed E-state index contributed by atoms with van der Waals surface area (Å²) in [7, 11) is -3.50. The fraction of sp³-hybridized carbons (Fsp3) is 0.462. The van der Waals surface area contributed by atoms with Crippen molar-refractivity contribution in [1.82, 2.24) is 4.98 Å². The highest BCUT2D eigenvalue weighted by molar-refractivity contribution is 7.13. The SMILES string of the molecule is CC(C)[Si](C#Cc1ccc(C#Cc2cccc(C#Cc3ccc(C#C[Si](C(C)C)(C(C)C)C(C)C)s3)n2)s1)(C(C)C)C(C)C. The molecule has 0 aliphatic carbocycles. The number of aromatic nitrogens is 1. The molecule has 0 aliphatic rings. The first-order valence-corrected chi connectivity index (χ1v) is 22.1. The molecule has 0 fully saturated rings. The number of nitrogens with zero attached hydrogens (tertiary/aromatic N) is 1. The van der Waals surface area contributed by atoms with E-state index >= 15 is 0 Å². The lowest BCUT2D eigenvalue weighted by molar-refractivity contribution is 0.838. The van der Waals surface area contributed by atoms with Crippen molar-refractivity contribution in [2.45, 2.75) is 116 Å². The Morgan fingerprint density at radius 2 is 0.727 bits per heavy atom. The van der Waals surface area contributed by atoms with Crippen molar-refractivity contribution in [3.8, 4) is 46.6 Å². The van der Waals surface area contributed by atoms with Crippen LogP contribution < -0.4 is 0 Å². The molecule has 0 spiro atoms. The molecule has 5 heteroatoms. The number of hydrogen-bond acceptors (Lipinski definition) is 3. The van der Waals surface area contributed by atoms with Crippen LogP contribution in [0.4, 0.5) is 0 Å². The van der Waals surface area contributed by atoms with Gasteiger partial charge in [0.2, 0.25) is 0 Å². The van der Waals surface area contributed by atoms with E-state index < -0.39 is 16.1 Å². The summed E-state index contributed by atoms with van der Waals surface area (Å²) in [5.41, 5.74) is 12.8. The maximum atomic E-state index is 4.69. The molecule has 0 unspecified atom stereocenters. The number of rotatable bonds is 6. The average molecular weight is 652 g/mol. The van der Waals surface area contributed by atoms with Gasteiger partial charge in [0.05, 0.1) is 19.5 Å². The topological polar surface area (TPSA) is 12.9 Å². The van der Waals surface area contributed by atoms with Gasteiger partial charge in [0, 0.05) is 0 Å². The molecule has 0 atom stereocenters. The zero-order valence-corrected chi connectivity index (χ0v) is 32.4. The van der Waals surface area contributed by atoms with Gasteiger partial charge in [0.1, 0.15) is 27.5 Å². The van der Waals surface area contributed by atoms with Crippen molar-refractivity contribution < 1.29 is 0 Å². The molecular formula is C39H49NS2Si2. The van der Waals surface area contributed by atoms with E-state index in [4.69, 9.17) is 0 Å². The van der Waals surface area contributed by atoms with Gasteiger partial charge in [-0.15, -0.1) is 33.8 Å². The largest absolute Gasteiger partial charge is 0.231 e. The first kappa shape index (κ1) is 35.7. The first-order valence-electron chi connectivity index (χ1n) is 16.0. The molecule has 0 saturated heterocycles. The lowest BCUT2D eigenvalue weighted by Crippen LogP contribution is -2.43. The molecule has 0 aliphatic heterocycles. The van der Waals surface area contributed by atoms with Crippen molar-refractivity contribution in [3.05, 3.63) is 73.4 Å². The second kappa shape index (κ2) is 15.5. The van der Waals surface area contributed by atoms with Gasteiger partial charge in [-0.05, 0) is 93.3 Å². The molecule has 0 aromatic carbocycles. The van der Waals surface area contributed by atoms with Crippen LogP contribution in [0.5, 0.6) is 0 Å². The van der Waals surface area contributed by atoms with E-state index in [1.54, 1.807) is 22.7 Å². The Bertz CT molecular complexity index is 1510. The van der Waals surface area contributed by atoms with E-state index in [0.29, 0.717) is 33.2 Å². The second-order valence-corrected chi connectivity index (χ2v) is 26.9. The molecule has 0 N–H and O–H groups in total. The summed E-state index contributed by atoms with van der Waals surface area (Å²) >= 11 is 3.33. The average Bonchev–Trinajstić information content (AvgIpc) is 3.60. The lowest BCUT2D eigenvalue weighted by atomic mass is 10.3. The Balaban J connectivity index is 1.77. The van der Waals surface area contributed by atoms with Crippen LogP contribution in [-0.4, -0.2) is 21.1 Å². The summed E-state index contributed by atoms with van der Waals surface area (Å²) < 4.78 is 0. The van der Waals surface area contributed by atoms with E-state index in [1.165, 1.54) is 0 Å². The highest BCUT2D eigenvalue weighted by Gasteiger charge is 2.42. The summed E-state index contributed by atoms with van der Waals surface area (Å²) in [5, 5.41) is 0. The van der Waals surface area contributed by atoms with Gasteiger partial charge in [-0.1, -0.05) is 101 Å². The van der Waals surface area contributed by atoms with Crippen molar-refractivity contribution in [1.29, 1.82) is 0 Å². The molecule has 230 valence electrons. The summed E-state index contributed by atoms with van der Waals surface area (Å²) in [6.07, 6.45) is 0. The maximum Gasteiger partial charge on any atom is 0.146 e. The van der Waals surface area contributed by atoms with E-state index in [1.807, 2.05) is 18.2 Å².